The van der Waals surface area contributed by atoms with Crippen molar-refractivity contribution >= 4 is 27.0 Å². The van der Waals surface area contributed by atoms with E-state index in [4.69, 9.17) is 5.73 Å². The van der Waals surface area contributed by atoms with E-state index in [2.05, 4.69) is 9.71 Å². The summed E-state index contributed by atoms with van der Waals surface area (Å²) in [7, 11) is -3.98. The van der Waals surface area contributed by atoms with Crippen LogP contribution in [0.25, 0.3) is 0 Å². The lowest BCUT2D eigenvalue weighted by atomic mass is 10.3. The number of nitrogens with two attached hydrogens (primary N) is 1. The van der Waals surface area contributed by atoms with E-state index in [1.54, 1.807) is 18.5 Å². The average Bonchev–Trinajstić information content (AvgIpc) is 2.85. The second-order valence-corrected chi connectivity index (χ2v) is 6.51. The molecule has 19 heavy (non-hydrogen) atoms. The third kappa shape index (κ3) is 3.09. The molecule has 0 bridgehead atoms. The van der Waals surface area contributed by atoms with Crippen LogP contribution in [0.5, 0.6) is 0 Å². The smallest absolute Gasteiger partial charge is 0.244 e. The van der Waals surface area contributed by atoms with Crippen LogP contribution in [0.4, 0.5) is 10.1 Å². The van der Waals surface area contributed by atoms with Crippen molar-refractivity contribution in [1.82, 2.24) is 9.71 Å². The summed E-state index contributed by atoms with van der Waals surface area (Å²) in [6.07, 6.45) is 1.58. The molecule has 0 spiro atoms. The molecule has 0 saturated heterocycles. The summed E-state index contributed by atoms with van der Waals surface area (Å²) < 4.78 is 40.1. The summed E-state index contributed by atoms with van der Waals surface area (Å²) in [6.45, 7) is 1.64. The highest BCUT2D eigenvalue weighted by molar-refractivity contribution is 7.89. The van der Waals surface area contributed by atoms with Crippen molar-refractivity contribution in [2.45, 2.75) is 17.9 Å². The first kappa shape index (κ1) is 13.9. The molecule has 102 valence electrons. The summed E-state index contributed by atoms with van der Waals surface area (Å²) >= 11 is 1.32. The largest absolute Gasteiger partial charge is 0.399 e. The van der Waals surface area contributed by atoms with Gasteiger partial charge in [0.05, 0.1) is 6.04 Å². The van der Waals surface area contributed by atoms with Gasteiger partial charge in [-0.2, -0.15) is 0 Å². The van der Waals surface area contributed by atoms with Crippen LogP contribution in [-0.2, 0) is 10.0 Å². The number of nitrogens with one attached hydrogen (secondary N) is 1. The van der Waals surface area contributed by atoms with Gasteiger partial charge in [0.2, 0.25) is 10.0 Å². The molecule has 2 rings (SSSR count). The Hall–Kier alpha value is -1.51. The number of rotatable bonds is 4. The molecule has 0 saturated carbocycles. The Bertz CT molecular complexity index is 671. The minimum absolute atomic E-state index is 0.184. The molecule has 0 aliphatic rings. The number of hydrogen-bond acceptors (Lipinski definition) is 5. The first-order valence-electron chi connectivity index (χ1n) is 5.37. The van der Waals surface area contributed by atoms with Crippen LogP contribution in [0, 0.1) is 5.82 Å². The fraction of sp³-hybridized carbons (Fsp3) is 0.182. The van der Waals surface area contributed by atoms with Crippen LogP contribution in [0.3, 0.4) is 0 Å². The summed E-state index contributed by atoms with van der Waals surface area (Å²) in [4.78, 5) is 3.54. The average molecular weight is 301 g/mol. The first-order valence-corrected chi connectivity index (χ1v) is 7.73. The highest BCUT2D eigenvalue weighted by Crippen LogP contribution is 2.21. The van der Waals surface area contributed by atoms with Gasteiger partial charge in [0.1, 0.15) is 15.7 Å². The minimum atomic E-state index is -3.98. The minimum Gasteiger partial charge on any atom is -0.399 e. The van der Waals surface area contributed by atoms with Gasteiger partial charge in [-0.15, -0.1) is 11.3 Å². The zero-order valence-electron chi connectivity index (χ0n) is 10.00. The number of nitrogen functional groups attached to an aromatic ring is 1. The van der Waals surface area contributed by atoms with Gasteiger partial charge >= 0.3 is 0 Å². The van der Waals surface area contributed by atoms with E-state index in [9.17, 15) is 12.8 Å². The fourth-order valence-corrected chi connectivity index (χ4v) is 3.56. The van der Waals surface area contributed by atoms with Crippen molar-refractivity contribution in [3.63, 3.8) is 0 Å². The van der Waals surface area contributed by atoms with E-state index < -0.39 is 26.8 Å². The number of aromatic nitrogens is 1. The van der Waals surface area contributed by atoms with Crippen LogP contribution in [0.2, 0.25) is 0 Å². The number of sulfonamides is 1. The van der Waals surface area contributed by atoms with E-state index in [0.29, 0.717) is 5.01 Å². The number of nitrogens with zero attached hydrogens (tertiary/aromatic N) is 1. The molecule has 0 aliphatic heterocycles. The maximum Gasteiger partial charge on any atom is 0.244 e. The van der Waals surface area contributed by atoms with Crippen molar-refractivity contribution in [2.24, 2.45) is 0 Å². The quantitative estimate of drug-likeness (QED) is 0.845. The number of hydrogen-bond donors (Lipinski definition) is 2. The maximum atomic E-state index is 13.6. The topological polar surface area (TPSA) is 85.1 Å². The van der Waals surface area contributed by atoms with Crippen molar-refractivity contribution in [1.29, 1.82) is 0 Å². The maximum absolute atomic E-state index is 13.6. The molecule has 0 amide bonds. The Kier molecular flexibility index (Phi) is 3.83. The van der Waals surface area contributed by atoms with Gasteiger partial charge < -0.3 is 5.73 Å². The lowest BCUT2D eigenvalue weighted by Gasteiger charge is -2.12. The van der Waals surface area contributed by atoms with Crippen molar-refractivity contribution in [3.8, 4) is 0 Å². The third-order valence-electron chi connectivity index (χ3n) is 2.40. The molecule has 5 nitrogen and oxygen atoms in total. The summed E-state index contributed by atoms with van der Waals surface area (Å²) in [5.41, 5.74) is 5.66. The van der Waals surface area contributed by atoms with Crippen LogP contribution < -0.4 is 10.5 Å². The Morgan fingerprint density at radius 1 is 1.47 bits per heavy atom. The van der Waals surface area contributed by atoms with Gasteiger partial charge in [-0.05, 0) is 25.1 Å². The van der Waals surface area contributed by atoms with Crippen molar-refractivity contribution < 1.29 is 12.8 Å². The summed E-state index contributed by atoms with van der Waals surface area (Å²) in [5, 5.41) is 2.34. The van der Waals surface area contributed by atoms with E-state index in [1.165, 1.54) is 17.4 Å². The van der Waals surface area contributed by atoms with Gasteiger partial charge in [-0.25, -0.2) is 22.5 Å². The SMILES string of the molecule is CC(NS(=O)(=O)c1cc(N)ccc1F)c1nccs1. The van der Waals surface area contributed by atoms with E-state index >= 15 is 0 Å². The molecule has 1 unspecified atom stereocenters. The van der Waals surface area contributed by atoms with E-state index in [0.717, 1.165) is 12.1 Å². The van der Waals surface area contributed by atoms with Crippen LogP contribution in [-0.4, -0.2) is 13.4 Å². The Labute approximate surface area is 114 Å². The molecule has 0 radical (unpaired) electrons. The Morgan fingerprint density at radius 2 is 2.21 bits per heavy atom. The standard InChI is InChI=1S/C11H12FN3O2S2/c1-7(11-14-4-5-18-11)15-19(16,17)10-6-8(13)2-3-9(10)12/h2-7,15H,13H2,1H3. The molecular formula is C11H12FN3O2S2. The molecule has 1 aromatic carbocycles. The lowest BCUT2D eigenvalue weighted by molar-refractivity contribution is 0.546. The van der Waals surface area contributed by atoms with E-state index in [-0.39, 0.29) is 5.69 Å². The number of anilines is 1. The number of thiazole rings is 1. The third-order valence-corrected chi connectivity index (χ3v) is 4.91. The molecule has 1 aromatic heterocycles. The predicted octanol–water partition coefficient (Wildman–Crippen LogP) is 1.90. The van der Waals surface area contributed by atoms with Gasteiger partial charge in [-0.1, -0.05) is 0 Å². The molecular weight excluding hydrogens is 289 g/mol. The molecule has 8 heteroatoms. The number of halogens is 1. The molecule has 0 aliphatic carbocycles. The molecule has 0 fully saturated rings. The van der Waals surface area contributed by atoms with Gasteiger partial charge in [-0.3, -0.25) is 0 Å². The van der Waals surface area contributed by atoms with E-state index in [1.807, 2.05) is 0 Å². The van der Waals surface area contributed by atoms with Crippen molar-refractivity contribution in [3.05, 3.63) is 40.6 Å². The highest BCUT2D eigenvalue weighted by Gasteiger charge is 2.23. The van der Waals surface area contributed by atoms with Gasteiger partial charge in [0, 0.05) is 17.3 Å². The second-order valence-electron chi connectivity index (χ2n) is 3.90. The fourth-order valence-electron chi connectivity index (χ4n) is 1.52. The second kappa shape index (κ2) is 5.24. The number of benzene rings is 1. The summed E-state index contributed by atoms with van der Waals surface area (Å²) in [5.74, 6) is -0.840. The molecule has 1 atom stereocenters. The van der Waals surface area contributed by atoms with Crippen LogP contribution in [0.15, 0.2) is 34.7 Å². The van der Waals surface area contributed by atoms with Gasteiger partial charge in [0.15, 0.2) is 0 Å². The summed E-state index contributed by atoms with van der Waals surface area (Å²) in [6, 6.07) is 2.88. The monoisotopic (exact) mass is 301 g/mol. The van der Waals surface area contributed by atoms with Crippen LogP contribution in [0.1, 0.15) is 18.0 Å². The Morgan fingerprint density at radius 3 is 2.84 bits per heavy atom. The molecule has 3 N–H and O–H groups in total. The normalized spacial score (nSPS) is 13.4. The van der Waals surface area contributed by atoms with Crippen molar-refractivity contribution in [2.75, 3.05) is 5.73 Å². The van der Waals surface area contributed by atoms with Gasteiger partial charge in [0.25, 0.3) is 0 Å². The lowest BCUT2D eigenvalue weighted by Crippen LogP contribution is -2.27. The highest BCUT2D eigenvalue weighted by atomic mass is 32.2. The molecule has 2 aromatic rings. The predicted molar refractivity (Wildman–Crippen MR) is 71.7 cm³/mol. The zero-order chi connectivity index (χ0) is 14.0. The Balaban J connectivity index is 2.30. The zero-order valence-corrected chi connectivity index (χ0v) is 11.6. The molecule has 1 heterocycles. The first-order chi connectivity index (χ1) is 8.90. The van der Waals surface area contributed by atoms with Crippen LogP contribution >= 0.6 is 11.3 Å².